The molecule has 0 bridgehead atoms. The molecule has 0 aliphatic carbocycles. The summed E-state index contributed by atoms with van der Waals surface area (Å²) in [6.07, 6.45) is 0. The van der Waals surface area contributed by atoms with Crippen molar-refractivity contribution in [3.8, 4) is 0 Å². The summed E-state index contributed by atoms with van der Waals surface area (Å²) in [5.74, 6) is -0.473. The lowest BCUT2D eigenvalue weighted by Crippen LogP contribution is -2.57. The lowest BCUT2D eigenvalue weighted by molar-refractivity contribution is -0.120. The van der Waals surface area contributed by atoms with E-state index in [1.54, 1.807) is 4.90 Å². The number of benzene rings is 1. The highest BCUT2D eigenvalue weighted by molar-refractivity contribution is 5.95. The zero-order chi connectivity index (χ0) is 15.6. The topological polar surface area (TPSA) is 75.4 Å². The molecule has 5 heteroatoms. The zero-order valence-electron chi connectivity index (χ0n) is 12.8. The number of nitrogens with two attached hydrogens (primary N) is 1. The van der Waals surface area contributed by atoms with Crippen molar-refractivity contribution in [2.45, 2.75) is 32.2 Å². The monoisotopic (exact) mass is 289 g/mol. The average molecular weight is 289 g/mol. The predicted molar refractivity (Wildman–Crippen MR) is 82.0 cm³/mol. The Morgan fingerprint density at radius 1 is 1.24 bits per heavy atom. The SMILES string of the molecule is CC(C)(C)c1ccc(C(=O)N2CCNC(C(N)=O)C2)cc1. The van der Waals surface area contributed by atoms with Crippen LogP contribution in [0.2, 0.25) is 0 Å². The summed E-state index contributed by atoms with van der Waals surface area (Å²) in [7, 11) is 0. The van der Waals surface area contributed by atoms with E-state index in [1.165, 1.54) is 5.56 Å². The molecule has 1 aromatic carbocycles. The number of hydrogen-bond donors (Lipinski definition) is 2. The fourth-order valence-corrected chi connectivity index (χ4v) is 2.42. The van der Waals surface area contributed by atoms with Crippen molar-refractivity contribution in [2.24, 2.45) is 5.73 Å². The van der Waals surface area contributed by atoms with Gasteiger partial charge in [0.1, 0.15) is 6.04 Å². The van der Waals surface area contributed by atoms with E-state index < -0.39 is 11.9 Å². The van der Waals surface area contributed by atoms with E-state index in [2.05, 4.69) is 26.1 Å². The molecule has 5 nitrogen and oxygen atoms in total. The van der Waals surface area contributed by atoms with Crippen LogP contribution in [0.4, 0.5) is 0 Å². The number of piperazine rings is 1. The van der Waals surface area contributed by atoms with Crippen molar-refractivity contribution in [1.82, 2.24) is 10.2 Å². The smallest absolute Gasteiger partial charge is 0.253 e. The van der Waals surface area contributed by atoms with Gasteiger partial charge in [-0.25, -0.2) is 0 Å². The Morgan fingerprint density at radius 2 is 1.86 bits per heavy atom. The number of carbonyl (C=O) groups excluding carboxylic acids is 2. The Labute approximate surface area is 125 Å². The molecule has 1 heterocycles. The summed E-state index contributed by atoms with van der Waals surface area (Å²) in [6, 6.07) is 7.22. The van der Waals surface area contributed by atoms with Gasteiger partial charge in [-0.2, -0.15) is 0 Å². The van der Waals surface area contributed by atoms with Crippen LogP contribution in [-0.4, -0.2) is 42.4 Å². The summed E-state index contributed by atoms with van der Waals surface area (Å²) in [5.41, 5.74) is 7.20. The molecule has 21 heavy (non-hydrogen) atoms. The highest BCUT2D eigenvalue weighted by Crippen LogP contribution is 2.22. The van der Waals surface area contributed by atoms with Gasteiger partial charge < -0.3 is 16.0 Å². The van der Waals surface area contributed by atoms with E-state index in [9.17, 15) is 9.59 Å². The van der Waals surface area contributed by atoms with Crippen LogP contribution in [0.25, 0.3) is 0 Å². The molecule has 0 saturated carbocycles. The van der Waals surface area contributed by atoms with E-state index in [0.29, 0.717) is 25.2 Å². The molecule has 3 N–H and O–H groups in total. The van der Waals surface area contributed by atoms with Crippen molar-refractivity contribution in [3.63, 3.8) is 0 Å². The normalized spacial score (nSPS) is 19.4. The van der Waals surface area contributed by atoms with Gasteiger partial charge in [-0.15, -0.1) is 0 Å². The third-order valence-corrected chi connectivity index (χ3v) is 3.80. The van der Waals surface area contributed by atoms with Crippen LogP contribution in [0.3, 0.4) is 0 Å². The van der Waals surface area contributed by atoms with E-state index in [0.717, 1.165) is 0 Å². The largest absolute Gasteiger partial charge is 0.368 e. The summed E-state index contributed by atoms with van der Waals surface area (Å²) in [5, 5.41) is 3.02. The third kappa shape index (κ3) is 3.61. The van der Waals surface area contributed by atoms with Gasteiger partial charge in [-0.1, -0.05) is 32.9 Å². The van der Waals surface area contributed by atoms with E-state index in [1.807, 2.05) is 24.3 Å². The molecule has 1 aliphatic heterocycles. The van der Waals surface area contributed by atoms with Gasteiger partial charge in [-0.3, -0.25) is 9.59 Å². The standard InChI is InChI=1S/C16H23N3O2/c1-16(2,3)12-6-4-11(5-7-12)15(21)19-9-8-18-13(10-19)14(17)20/h4-7,13,18H,8-10H2,1-3H3,(H2,17,20). The van der Waals surface area contributed by atoms with Crippen molar-refractivity contribution < 1.29 is 9.59 Å². The summed E-state index contributed by atoms with van der Waals surface area (Å²) >= 11 is 0. The maximum Gasteiger partial charge on any atom is 0.253 e. The average Bonchev–Trinajstić information content (AvgIpc) is 2.46. The van der Waals surface area contributed by atoms with Gasteiger partial charge in [0, 0.05) is 25.2 Å². The lowest BCUT2D eigenvalue weighted by Gasteiger charge is -2.32. The Bertz CT molecular complexity index is 531. The van der Waals surface area contributed by atoms with Gasteiger partial charge in [0.15, 0.2) is 0 Å². The quantitative estimate of drug-likeness (QED) is 0.849. The minimum Gasteiger partial charge on any atom is -0.368 e. The number of amides is 2. The van der Waals surface area contributed by atoms with Gasteiger partial charge in [0.05, 0.1) is 0 Å². The highest BCUT2D eigenvalue weighted by atomic mass is 16.2. The Hall–Kier alpha value is -1.88. The number of rotatable bonds is 2. The maximum atomic E-state index is 12.5. The molecule has 1 aromatic rings. The summed E-state index contributed by atoms with van der Waals surface area (Å²) in [4.78, 5) is 25.4. The first-order chi connectivity index (χ1) is 9.79. The molecule has 1 unspecified atom stereocenters. The second-order valence-electron chi connectivity index (χ2n) is 6.49. The van der Waals surface area contributed by atoms with Crippen LogP contribution >= 0.6 is 0 Å². The van der Waals surface area contributed by atoms with Gasteiger partial charge in [-0.05, 0) is 23.1 Å². The van der Waals surface area contributed by atoms with Crippen LogP contribution in [0.5, 0.6) is 0 Å². The van der Waals surface area contributed by atoms with Crippen molar-refractivity contribution in [2.75, 3.05) is 19.6 Å². The first-order valence-corrected chi connectivity index (χ1v) is 7.21. The number of nitrogens with zero attached hydrogens (tertiary/aromatic N) is 1. The molecule has 2 amide bonds. The second-order valence-corrected chi connectivity index (χ2v) is 6.49. The number of nitrogens with one attached hydrogen (secondary N) is 1. The van der Waals surface area contributed by atoms with Crippen LogP contribution in [0.1, 0.15) is 36.7 Å². The van der Waals surface area contributed by atoms with Crippen molar-refractivity contribution in [1.29, 1.82) is 0 Å². The zero-order valence-corrected chi connectivity index (χ0v) is 12.8. The number of carbonyl (C=O) groups is 2. The van der Waals surface area contributed by atoms with Gasteiger partial charge in [0.25, 0.3) is 5.91 Å². The maximum absolute atomic E-state index is 12.5. The van der Waals surface area contributed by atoms with Crippen molar-refractivity contribution in [3.05, 3.63) is 35.4 Å². The van der Waals surface area contributed by atoms with E-state index >= 15 is 0 Å². The molecule has 1 atom stereocenters. The van der Waals surface area contributed by atoms with Crippen LogP contribution < -0.4 is 11.1 Å². The second kappa shape index (κ2) is 5.85. The van der Waals surface area contributed by atoms with Crippen molar-refractivity contribution >= 4 is 11.8 Å². The van der Waals surface area contributed by atoms with Gasteiger partial charge in [0.2, 0.25) is 5.91 Å². The minimum atomic E-state index is -0.462. The molecule has 1 saturated heterocycles. The van der Waals surface area contributed by atoms with Crippen LogP contribution in [0, 0.1) is 0 Å². The first-order valence-electron chi connectivity index (χ1n) is 7.21. The predicted octanol–water partition coefficient (Wildman–Crippen LogP) is 0.883. The lowest BCUT2D eigenvalue weighted by atomic mass is 9.86. The third-order valence-electron chi connectivity index (χ3n) is 3.80. The molecule has 0 radical (unpaired) electrons. The minimum absolute atomic E-state index is 0.0526. The highest BCUT2D eigenvalue weighted by Gasteiger charge is 2.27. The van der Waals surface area contributed by atoms with Crippen LogP contribution in [-0.2, 0) is 10.2 Å². The molecule has 0 aromatic heterocycles. The van der Waals surface area contributed by atoms with Gasteiger partial charge >= 0.3 is 0 Å². The molecular weight excluding hydrogens is 266 g/mol. The van der Waals surface area contributed by atoms with E-state index in [4.69, 9.17) is 5.73 Å². The molecule has 1 aliphatic rings. The Balaban J connectivity index is 2.11. The number of primary amides is 1. The molecule has 114 valence electrons. The fraction of sp³-hybridized carbons (Fsp3) is 0.500. The van der Waals surface area contributed by atoms with E-state index in [-0.39, 0.29) is 11.3 Å². The molecular formula is C16H23N3O2. The summed E-state index contributed by atoms with van der Waals surface area (Å²) < 4.78 is 0. The number of hydrogen-bond acceptors (Lipinski definition) is 3. The summed E-state index contributed by atoms with van der Waals surface area (Å²) in [6.45, 7) is 7.91. The molecule has 0 spiro atoms. The Kier molecular flexibility index (Phi) is 4.32. The Morgan fingerprint density at radius 3 is 2.38 bits per heavy atom. The molecule has 1 fully saturated rings. The van der Waals surface area contributed by atoms with Crippen LogP contribution in [0.15, 0.2) is 24.3 Å². The molecule has 2 rings (SSSR count). The first kappa shape index (κ1) is 15.5. The fourth-order valence-electron chi connectivity index (χ4n) is 2.42.